The average Bonchev–Trinajstić information content (AvgIpc) is 3.33. The van der Waals surface area contributed by atoms with Crippen molar-refractivity contribution in [2.75, 3.05) is 0 Å². The molecule has 0 radical (unpaired) electrons. The molecular formula is C25H18ClNO2S. The first kappa shape index (κ1) is 20.1. The van der Waals surface area contributed by atoms with Crippen LogP contribution < -0.4 is 0 Å². The monoisotopic (exact) mass is 431 g/mol. The molecule has 0 atom stereocenters. The third-order valence-electron chi connectivity index (χ3n) is 4.76. The number of benzene rings is 3. The Morgan fingerprint density at radius 3 is 1.57 bits per heavy atom. The molecule has 0 N–H and O–H groups in total. The van der Waals surface area contributed by atoms with E-state index in [0.29, 0.717) is 4.88 Å². The highest BCUT2D eigenvalue weighted by molar-refractivity contribution is 7.14. The fourth-order valence-electron chi connectivity index (χ4n) is 3.38. The van der Waals surface area contributed by atoms with Gasteiger partial charge in [0, 0.05) is 16.7 Å². The van der Waals surface area contributed by atoms with E-state index in [4.69, 9.17) is 16.4 Å². The summed E-state index contributed by atoms with van der Waals surface area (Å²) in [4.78, 5) is 19.1. The first-order valence-corrected chi connectivity index (χ1v) is 10.6. The van der Waals surface area contributed by atoms with Gasteiger partial charge in [-0.2, -0.15) is 0 Å². The Kier molecular flexibility index (Phi) is 6.07. The Hall–Kier alpha value is -3.21. The molecule has 0 saturated heterocycles. The van der Waals surface area contributed by atoms with Crippen LogP contribution in [0.15, 0.2) is 114 Å². The molecule has 148 valence electrons. The second-order valence-electron chi connectivity index (χ2n) is 6.56. The van der Waals surface area contributed by atoms with Crippen LogP contribution in [0.25, 0.3) is 0 Å². The number of oxime groups is 1. The Labute approximate surface area is 184 Å². The van der Waals surface area contributed by atoms with Crippen LogP contribution in [0, 0.1) is 0 Å². The zero-order chi connectivity index (χ0) is 20.8. The topological polar surface area (TPSA) is 38.7 Å². The number of carbonyl (C=O) groups is 1. The highest BCUT2D eigenvalue weighted by Gasteiger charge is 2.40. The lowest BCUT2D eigenvalue weighted by Crippen LogP contribution is -2.32. The zero-order valence-corrected chi connectivity index (χ0v) is 17.5. The van der Waals surface area contributed by atoms with Gasteiger partial charge in [0.2, 0.25) is 5.60 Å². The second kappa shape index (κ2) is 9.08. The quantitative estimate of drug-likeness (QED) is 0.151. The second-order valence-corrected chi connectivity index (χ2v) is 7.85. The van der Waals surface area contributed by atoms with Crippen molar-refractivity contribution in [3.63, 3.8) is 0 Å². The lowest BCUT2D eigenvalue weighted by molar-refractivity contribution is -0.106. The number of carbonyl (C=O) groups excluding carboxylic acids is 1. The van der Waals surface area contributed by atoms with E-state index in [1.54, 1.807) is 6.07 Å². The summed E-state index contributed by atoms with van der Waals surface area (Å²) in [6.45, 7) is 0. The van der Waals surface area contributed by atoms with E-state index in [0.717, 1.165) is 16.7 Å². The van der Waals surface area contributed by atoms with Gasteiger partial charge in [-0.3, -0.25) is 4.79 Å². The van der Waals surface area contributed by atoms with Crippen molar-refractivity contribution in [1.29, 1.82) is 0 Å². The van der Waals surface area contributed by atoms with Crippen LogP contribution in [-0.2, 0) is 15.2 Å². The number of rotatable bonds is 7. The van der Waals surface area contributed by atoms with Gasteiger partial charge in [-0.1, -0.05) is 102 Å². The molecule has 0 amide bonds. The molecule has 0 fully saturated rings. The van der Waals surface area contributed by atoms with Crippen LogP contribution in [0.1, 0.15) is 21.6 Å². The highest BCUT2D eigenvalue weighted by Crippen LogP contribution is 2.40. The lowest BCUT2D eigenvalue weighted by Gasteiger charge is -2.33. The SMILES string of the molecule is O=C(Cl)/C(=N/OC(c1ccccc1)(c1ccccc1)c1ccccc1)c1cccs1. The summed E-state index contributed by atoms with van der Waals surface area (Å²) in [5.74, 6) is 0. The molecule has 0 spiro atoms. The van der Waals surface area contributed by atoms with Gasteiger partial charge in [0.15, 0.2) is 5.71 Å². The summed E-state index contributed by atoms with van der Waals surface area (Å²) < 4.78 is 0. The normalized spacial score (nSPS) is 11.8. The van der Waals surface area contributed by atoms with E-state index in [1.807, 2.05) is 102 Å². The van der Waals surface area contributed by atoms with E-state index in [2.05, 4.69) is 5.16 Å². The van der Waals surface area contributed by atoms with Gasteiger partial charge < -0.3 is 4.84 Å². The molecule has 5 heteroatoms. The number of halogens is 1. The fourth-order valence-corrected chi connectivity index (χ4v) is 4.28. The van der Waals surface area contributed by atoms with Gasteiger partial charge in [0.05, 0.1) is 4.88 Å². The van der Waals surface area contributed by atoms with Crippen molar-refractivity contribution in [3.05, 3.63) is 130 Å². The largest absolute Gasteiger partial charge is 0.374 e. The summed E-state index contributed by atoms with van der Waals surface area (Å²) >= 11 is 7.24. The zero-order valence-electron chi connectivity index (χ0n) is 15.9. The maximum absolute atomic E-state index is 12.1. The minimum atomic E-state index is -1.06. The predicted octanol–water partition coefficient (Wildman–Crippen LogP) is 6.23. The molecular weight excluding hydrogens is 414 g/mol. The van der Waals surface area contributed by atoms with Crippen molar-refractivity contribution in [2.45, 2.75) is 5.60 Å². The first-order valence-electron chi connectivity index (χ1n) is 9.38. The van der Waals surface area contributed by atoms with Crippen LogP contribution in [0.2, 0.25) is 0 Å². The van der Waals surface area contributed by atoms with E-state index >= 15 is 0 Å². The van der Waals surface area contributed by atoms with Gasteiger partial charge >= 0.3 is 0 Å². The molecule has 0 aliphatic heterocycles. The van der Waals surface area contributed by atoms with Gasteiger partial charge in [-0.25, -0.2) is 0 Å². The smallest absolute Gasteiger partial charge is 0.275 e. The Balaban J connectivity index is 1.95. The molecule has 0 aliphatic rings. The summed E-state index contributed by atoms with van der Waals surface area (Å²) in [6.07, 6.45) is 0. The Bertz CT molecular complexity index is 1030. The van der Waals surface area contributed by atoms with Gasteiger partial charge in [0.25, 0.3) is 5.24 Å². The molecule has 4 rings (SSSR count). The molecule has 0 bridgehead atoms. The van der Waals surface area contributed by atoms with E-state index in [-0.39, 0.29) is 5.71 Å². The van der Waals surface area contributed by atoms with E-state index in [9.17, 15) is 4.79 Å². The first-order chi connectivity index (χ1) is 14.7. The van der Waals surface area contributed by atoms with Crippen molar-refractivity contribution in [1.82, 2.24) is 0 Å². The van der Waals surface area contributed by atoms with Crippen molar-refractivity contribution in [2.24, 2.45) is 5.16 Å². The van der Waals surface area contributed by atoms with Crippen LogP contribution >= 0.6 is 22.9 Å². The molecule has 3 nitrogen and oxygen atoms in total. The minimum absolute atomic E-state index is 0.0823. The van der Waals surface area contributed by atoms with E-state index < -0.39 is 10.8 Å². The highest BCUT2D eigenvalue weighted by atomic mass is 35.5. The maximum atomic E-state index is 12.1. The van der Waals surface area contributed by atoms with Crippen LogP contribution in [0.5, 0.6) is 0 Å². The summed E-state index contributed by atoms with van der Waals surface area (Å²) in [7, 11) is 0. The maximum Gasteiger partial charge on any atom is 0.275 e. The number of hydrogen-bond donors (Lipinski definition) is 0. The fraction of sp³-hybridized carbons (Fsp3) is 0.0400. The molecule has 4 aromatic rings. The van der Waals surface area contributed by atoms with E-state index in [1.165, 1.54) is 11.3 Å². The summed E-state index contributed by atoms with van der Waals surface area (Å²) in [5, 5.41) is 5.51. The molecule has 0 unspecified atom stereocenters. The third-order valence-corrected chi connectivity index (χ3v) is 5.81. The van der Waals surface area contributed by atoms with Crippen molar-refractivity contribution in [3.8, 4) is 0 Å². The molecule has 0 aliphatic carbocycles. The Morgan fingerprint density at radius 1 is 0.733 bits per heavy atom. The molecule has 3 aromatic carbocycles. The van der Waals surface area contributed by atoms with Gasteiger partial charge in [-0.15, -0.1) is 11.3 Å². The van der Waals surface area contributed by atoms with Crippen LogP contribution in [0.3, 0.4) is 0 Å². The van der Waals surface area contributed by atoms with Crippen molar-refractivity contribution >= 4 is 33.9 Å². The minimum Gasteiger partial charge on any atom is -0.374 e. The molecule has 1 heterocycles. The standard InChI is InChI=1S/C25H18ClNO2S/c26-24(28)23(22-17-10-18-30-22)27-29-25(19-11-4-1-5-12-19,20-13-6-2-7-14-20)21-15-8-3-9-16-21/h1-18H/b27-23+. The number of thiophene rings is 1. The summed E-state index contributed by atoms with van der Waals surface area (Å²) in [6, 6.07) is 33.1. The van der Waals surface area contributed by atoms with Crippen LogP contribution in [0.4, 0.5) is 0 Å². The average molecular weight is 432 g/mol. The van der Waals surface area contributed by atoms with Crippen molar-refractivity contribution < 1.29 is 9.63 Å². The molecule has 1 aromatic heterocycles. The molecule has 0 saturated carbocycles. The lowest BCUT2D eigenvalue weighted by atomic mass is 9.80. The van der Waals surface area contributed by atoms with Crippen LogP contribution in [-0.4, -0.2) is 11.0 Å². The number of hydrogen-bond acceptors (Lipinski definition) is 4. The third kappa shape index (κ3) is 3.92. The number of nitrogens with zero attached hydrogens (tertiary/aromatic N) is 1. The summed E-state index contributed by atoms with van der Waals surface area (Å²) in [5.41, 5.74) is 1.69. The van der Waals surface area contributed by atoms with Gasteiger partial charge in [-0.05, 0) is 23.0 Å². The molecule has 30 heavy (non-hydrogen) atoms. The van der Waals surface area contributed by atoms with Gasteiger partial charge in [0.1, 0.15) is 0 Å². The Morgan fingerprint density at radius 2 is 1.20 bits per heavy atom. The predicted molar refractivity (Wildman–Crippen MR) is 122 cm³/mol.